The van der Waals surface area contributed by atoms with Gasteiger partial charge in [-0.1, -0.05) is 158 Å². The Balaban J connectivity index is 1.17. The monoisotopic (exact) mass is 678 g/mol. The number of hydrogen-bond acceptors (Lipinski definition) is 4. The quantitative estimate of drug-likeness (QED) is 0.176. The fourth-order valence-corrected chi connectivity index (χ4v) is 8.49. The van der Waals surface area contributed by atoms with Crippen LogP contribution in [-0.2, 0) is 11.8 Å². The molecule has 0 amide bonds. The lowest BCUT2D eigenvalue weighted by molar-refractivity contribution is 0.763. The number of fused-ring (bicyclic) bond motifs is 4. The van der Waals surface area contributed by atoms with Crippen molar-refractivity contribution in [2.24, 2.45) is 0 Å². The molecule has 0 saturated heterocycles. The molecule has 4 heteroatoms. The molecular weight excluding hydrogens is 645 g/mol. The molecule has 2 aliphatic rings. The zero-order valence-electron chi connectivity index (χ0n) is 29.0. The van der Waals surface area contributed by atoms with Gasteiger partial charge in [0.05, 0.1) is 5.41 Å². The smallest absolute Gasteiger partial charge is 0.164 e. The van der Waals surface area contributed by atoms with Gasteiger partial charge in [0.25, 0.3) is 0 Å². The molecule has 2 aliphatic carbocycles. The van der Waals surface area contributed by atoms with Crippen molar-refractivity contribution in [1.82, 2.24) is 19.9 Å². The second kappa shape index (κ2) is 12.8. The van der Waals surface area contributed by atoms with Crippen molar-refractivity contribution in [3.8, 4) is 45.0 Å². The molecule has 0 saturated carbocycles. The fourth-order valence-electron chi connectivity index (χ4n) is 8.49. The normalized spacial score (nSPS) is 15.6. The first-order valence-corrected chi connectivity index (χ1v) is 18.2. The molecule has 0 N–H and O–H groups in total. The molecule has 2 heterocycles. The number of benzene rings is 6. The minimum Gasteiger partial charge on any atom is -0.264 e. The zero-order valence-corrected chi connectivity index (χ0v) is 29.0. The van der Waals surface area contributed by atoms with Gasteiger partial charge in [-0.05, 0) is 80.6 Å². The molecule has 250 valence electrons. The van der Waals surface area contributed by atoms with E-state index in [-0.39, 0.29) is 0 Å². The van der Waals surface area contributed by atoms with Crippen LogP contribution < -0.4 is 0 Å². The maximum atomic E-state index is 5.20. The third kappa shape index (κ3) is 5.06. The van der Waals surface area contributed by atoms with Crippen molar-refractivity contribution < 1.29 is 0 Å². The topological polar surface area (TPSA) is 51.6 Å². The van der Waals surface area contributed by atoms with Crippen molar-refractivity contribution in [3.63, 3.8) is 0 Å². The van der Waals surface area contributed by atoms with Crippen LogP contribution in [0.1, 0.15) is 45.6 Å². The molecular formula is C49H34N4. The fraction of sp³-hybridized carbons (Fsp3) is 0.0612. The SMILES string of the molecule is C1=C(c2nc(-c3ccccc3)nc(-c3cccc(-c4cccc5c4-c4ccccc4C5(c4ccccc4)c4cccnc4)c3)n2)c2ccccc2CC1. The second-order valence-corrected chi connectivity index (χ2v) is 13.7. The number of rotatable bonds is 6. The van der Waals surface area contributed by atoms with Gasteiger partial charge in [-0.15, -0.1) is 0 Å². The standard InChI is InChI=1S/C49H34N4/c1-3-16-34(17-4-1)46-51-47(53-48(52-46)41-27-12-18-33-15-7-8-24-39(33)41)36-20-11-19-35(31-36)40-26-13-29-44-45(40)42-25-9-10-28-43(42)49(44,37-21-5-2-6-22-37)38-23-14-30-50-32-38/h1-11,13-17,19-32H,12,18H2. The maximum Gasteiger partial charge on any atom is 0.164 e. The molecule has 6 aromatic carbocycles. The number of aryl methyl sites for hydroxylation is 1. The van der Waals surface area contributed by atoms with Gasteiger partial charge in [0.1, 0.15) is 0 Å². The van der Waals surface area contributed by atoms with Gasteiger partial charge < -0.3 is 0 Å². The van der Waals surface area contributed by atoms with E-state index in [0.29, 0.717) is 17.5 Å². The van der Waals surface area contributed by atoms with Crippen LogP contribution in [0, 0.1) is 0 Å². The summed E-state index contributed by atoms with van der Waals surface area (Å²) in [6.45, 7) is 0. The minimum absolute atomic E-state index is 0.521. The molecule has 8 aromatic rings. The summed E-state index contributed by atoms with van der Waals surface area (Å²) in [5.74, 6) is 2.02. The van der Waals surface area contributed by atoms with Crippen LogP contribution in [0.3, 0.4) is 0 Å². The summed E-state index contributed by atoms with van der Waals surface area (Å²) in [4.78, 5) is 20.0. The second-order valence-electron chi connectivity index (χ2n) is 13.7. The van der Waals surface area contributed by atoms with Crippen LogP contribution in [0.2, 0.25) is 0 Å². The number of pyridine rings is 1. The van der Waals surface area contributed by atoms with Gasteiger partial charge in [0.15, 0.2) is 17.5 Å². The van der Waals surface area contributed by atoms with Gasteiger partial charge in [0, 0.05) is 29.1 Å². The largest absolute Gasteiger partial charge is 0.264 e. The lowest BCUT2D eigenvalue weighted by Gasteiger charge is -2.33. The Kier molecular flexibility index (Phi) is 7.47. The molecule has 0 aliphatic heterocycles. The third-order valence-electron chi connectivity index (χ3n) is 10.8. The highest BCUT2D eigenvalue weighted by Gasteiger charge is 2.47. The molecule has 1 unspecified atom stereocenters. The van der Waals surface area contributed by atoms with Crippen LogP contribution >= 0.6 is 0 Å². The third-order valence-corrected chi connectivity index (χ3v) is 10.8. The molecule has 0 fully saturated rings. The summed E-state index contributed by atoms with van der Waals surface area (Å²) >= 11 is 0. The Hall–Kier alpha value is -6.78. The van der Waals surface area contributed by atoms with E-state index in [1.807, 2.05) is 36.7 Å². The van der Waals surface area contributed by atoms with Crippen LogP contribution in [0.4, 0.5) is 0 Å². The Morgan fingerprint density at radius 2 is 1.08 bits per heavy atom. The van der Waals surface area contributed by atoms with Gasteiger partial charge in [-0.25, -0.2) is 15.0 Å². The summed E-state index contributed by atoms with van der Waals surface area (Å²) in [5.41, 5.74) is 14.6. The van der Waals surface area contributed by atoms with E-state index in [0.717, 1.165) is 40.7 Å². The summed E-state index contributed by atoms with van der Waals surface area (Å²) in [7, 11) is 0. The lowest BCUT2D eigenvalue weighted by Crippen LogP contribution is -2.28. The van der Waals surface area contributed by atoms with Crippen LogP contribution in [0.5, 0.6) is 0 Å². The Morgan fingerprint density at radius 1 is 0.453 bits per heavy atom. The van der Waals surface area contributed by atoms with Crippen molar-refractivity contribution in [2.45, 2.75) is 18.3 Å². The minimum atomic E-state index is -0.521. The molecule has 0 radical (unpaired) electrons. The first-order chi connectivity index (χ1) is 26.3. The Morgan fingerprint density at radius 3 is 1.91 bits per heavy atom. The lowest BCUT2D eigenvalue weighted by atomic mass is 9.68. The van der Waals surface area contributed by atoms with Crippen LogP contribution in [0.15, 0.2) is 182 Å². The van der Waals surface area contributed by atoms with Gasteiger partial charge in [-0.3, -0.25) is 4.98 Å². The summed E-state index contributed by atoms with van der Waals surface area (Å²) in [6.07, 6.45) is 8.12. The molecule has 10 rings (SSSR count). The molecule has 0 bridgehead atoms. The highest BCUT2D eigenvalue weighted by molar-refractivity contribution is 5.96. The van der Waals surface area contributed by atoms with Crippen molar-refractivity contribution in [1.29, 1.82) is 0 Å². The van der Waals surface area contributed by atoms with E-state index < -0.39 is 5.41 Å². The van der Waals surface area contributed by atoms with Gasteiger partial charge >= 0.3 is 0 Å². The molecule has 2 aromatic heterocycles. The van der Waals surface area contributed by atoms with E-state index in [1.54, 1.807) is 0 Å². The van der Waals surface area contributed by atoms with Crippen LogP contribution in [-0.4, -0.2) is 19.9 Å². The average molecular weight is 679 g/mol. The molecule has 53 heavy (non-hydrogen) atoms. The first kappa shape index (κ1) is 31.0. The Bertz CT molecular complexity index is 2630. The average Bonchev–Trinajstić information content (AvgIpc) is 3.55. The van der Waals surface area contributed by atoms with E-state index in [1.165, 1.54) is 44.5 Å². The summed E-state index contributed by atoms with van der Waals surface area (Å²) < 4.78 is 0. The van der Waals surface area contributed by atoms with E-state index >= 15 is 0 Å². The van der Waals surface area contributed by atoms with Gasteiger partial charge in [0.2, 0.25) is 0 Å². The number of aromatic nitrogens is 4. The maximum absolute atomic E-state index is 5.20. The highest BCUT2D eigenvalue weighted by atomic mass is 15.0. The predicted octanol–water partition coefficient (Wildman–Crippen LogP) is 11.0. The molecule has 1 atom stereocenters. The van der Waals surface area contributed by atoms with Gasteiger partial charge in [-0.2, -0.15) is 0 Å². The predicted molar refractivity (Wildman–Crippen MR) is 213 cm³/mol. The van der Waals surface area contributed by atoms with Crippen molar-refractivity contribution in [3.05, 3.63) is 221 Å². The number of nitrogens with zero attached hydrogens (tertiary/aromatic N) is 4. The summed E-state index contributed by atoms with van der Waals surface area (Å²) in [6, 6.07) is 58.2. The molecule has 4 nitrogen and oxygen atoms in total. The summed E-state index contributed by atoms with van der Waals surface area (Å²) in [5, 5.41) is 0. The molecule has 0 spiro atoms. The van der Waals surface area contributed by atoms with E-state index in [2.05, 4.69) is 151 Å². The van der Waals surface area contributed by atoms with Crippen molar-refractivity contribution >= 4 is 5.57 Å². The zero-order chi connectivity index (χ0) is 35.2. The van der Waals surface area contributed by atoms with E-state index in [9.17, 15) is 0 Å². The van der Waals surface area contributed by atoms with E-state index in [4.69, 9.17) is 15.0 Å². The number of allylic oxidation sites excluding steroid dienone is 1. The highest BCUT2D eigenvalue weighted by Crippen LogP contribution is 2.58. The number of hydrogen-bond donors (Lipinski definition) is 0. The van der Waals surface area contributed by atoms with Crippen molar-refractivity contribution in [2.75, 3.05) is 0 Å². The first-order valence-electron chi connectivity index (χ1n) is 18.2. The van der Waals surface area contributed by atoms with Crippen LogP contribution in [0.25, 0.3) is 50.6 Å². The Labute approximate surface area is 309 Å².